The van der Waals surface area contributed by atoms with E-state index in [0.29, 0.717) is 19.4 Å². The number of nitrogens with zero attached hydrogens (tertiary/aromatic N) is 2. The highest BCUT2D eigenvalue weighted by molar-refractivity contribution is 5.75. The van der Waals surface area contributed by atoms with Crippen LogP contribution >= 0.6 is 0 Å². The molecule has 1 heterocycles. The van der Waals surface area contributed by atoms with Gasteiger partial charge in [-0.1, -0.05) is 0 Å². The van der Waals surface area contributed by atoms with Gasteiger partial charge in [0.2, 0.25) is 0 Å². The van der Waals surface area contributed by atoms with Gasteiger partial charge in [0.1, 0.15) is 0 Å². The predicted octanol–water partition coefficient (Wildman–Crippen LogP) is 0.853. The minimum Gasteiger partial charge on any atom is -0.481 e. The number of carbonyl (C=O) groups excluding carboxylic acids is 1. The lowest BCUT2D eigenvalue weighted by Gasteiger charge is -2.37. The highest BCUT2D eigenvalue weighted by atomic mass is 16.4. The molecule has 15 heavy (non-hydrogen) atoms. The number of urea groups is 1. The van der Waals surface area contributed by atoms with Crippen molar-refractivity contribution in [3.05, 3.63) is 0 Å². The van der Waals surface area contributed by atoms with Crippen molar-refractivity contribution < 1.29 is 14.7 Å². The van der Waals surface area contributed by atoms with Gasteiger partial charge in [0.05, 0.1) is 5.92 Å². The van der Waals surface area contributed by atoms with E-state index in [2.05, 4.69) is 0 Å². The average Bonchev–Trinajstić information content (AvgIpc) is 2.16. The first-order chi connectivity index (χ1) is 6.93. The molecule has 2 unspecified atom stereocenters. The third-order valence-corrected chi connectivity index (χ3v) is 2.85. The summed E-state index contributed by atoms with van der Waals surface area (Å²) in [6, 6.07) is -0.0268. The molecule has 0 bridgehead atoms. The van der Waals surface area contributed by atoms with Crippen molar-refractivity contribution >= 4 is 12.0 Å². The molecule has 1 N–H and O–H groups in total. The Morgan fingerprint density at radius 1 is 1.40 bits per heavy atom. The maximum absolute atomic E-state index is 11.7. The average molecular weight is 214 g/mol. The van der Waals surface area contributed by atoms with Crippen molar-refractivity contribution in [1.82, 2.24) is 9.80 Å². The smallest absolute Gasteiger partial charge is 0.319 e. The van der Waals surface area contributed by atoms with Crippen molar-refractivity contribution in [2.24, 2.45) is 5.92 Å². The van der Waals surface area contributed by atoms with E-state index in [1.165, 1.54) is 4.90 Å². The van der Waals surface area contributed by atoms with Crippen LogP contribution in [-0.4, -0.2) is 53.6 Å². The lowest BCUT2D eigenvalue weighted by molar-refractivity contribution is -0.143. The Hall–Kier alpha value is -1.26. The molecule has 0 radical (unpaired) electrons. The Morgan fingerprint density at radius 2 is 2.00 bits per heavy atom. The van der Waals surface area contributed by atoms with E-state index in [0.717, 1.165) is 0 Å². The predicted molar refractivity (Wildman–Crippen MR) is 55.6 cm³/mol. The summed E-state index contributed by atoms with van der Waals surface area (Å²) in [5, 5.41) is 8.88. The maximum atomic E-state index is 11.7. The van der Waals surface area contributed by atoms with Gasteiger partial charge in [0, 0.05) is 26.7 Å². The number of likely N-dealkylation sites (tertiary alicyclic amines) is 1. The number of amides is 2. The van der Waals surface area contributed by atoms with E-state index < -0.39 is 5.97 Å². The maximum Gasteiger partial charge on any atom is 0.319 e. The molecule has 86 valence electrons. The molecule has 0 aromatic rings. The fourth-order valence-electron chi connectivity index (χ4n) is 1.94. The second-order valence-electron chi connectivity index (χ2n) is 4.28. The third kappa shape index (κ3) is 2.61. The van der Waals surface area contributed by atoms with Gasteiger partial charge in [-0.3, -0.25) is 4.79 Å². The first-order valence-electron chi connectivity index (χ1n) is 5.14. The minimum atomic E-state index is -0.751. The van der Waals surface area contributed by atoms with Crippen LogP contribution in [0.4, 0.5) is 4.79 Å². The molecular weight excluding hydrogens is 196 g/mol. The Morgan fingerprint density at radius 3 is 2.40 bits per heavy atom. The van der Waals surface area contributed by atoms with Crippen molar-refractivity contribution in [1.29, 1.82) is 0 Å². The summed E-state index contributed by atoms with van der Waals surface area (Å²) in [6.45, 7) is 2.44. The van der Waals surface area contributed by atoms with Crippen LogP contribution in [0.25, 0.3) is 0 Å². The van der Waals surface area contributed by atoms with E-state index in [1.807, 2.05) is 6.92 Å². The largest absolute Gasteiger partial charge is 0.481 e. The molecule has 2 amide bonds. The van der Waals surface area contributed by atoms with Gasteiger partial charge >= 0.3 is 12.0 Å². The van der Waals surface area contributed by atoms with Gasteiger partial charge in [0.25, 0.3) is 0 Å². The summed E-state index contributed by atoms with van der Waals surface area (Å²) < 4.78 is 0. The molecule has 0 aliphatic carbocycles. The standard InChI is InChI=1S/C10H18N2O3/c1-7-6-8(9(13)14)4-5-12(7)10(15)11(2)3/h7-8H,4-6H2,1-3H3,(H,13,14). The van der Waals surface area contributed by atoms with Crippen LogP contribution in [0.5, 0.6) is 0 Å². The molecule has 0 aromatic carbocycles. The summed E-state index contributed by atoms with van der Waals surface area (Å²) in [5.74, 6) is -1.05. The molecule has 2 atom stereocenters. The zero-order valence-electron chi connectivity index (χ0n) is 9.43. The Labute approximate surface area is 89.7 Å². The van der Waals surface area contributed by atoms with Gasteiger partial charge in [-0.15, -0.1) is 0 Å². The molecule has 1 aliphatic rings. The van der Waals surface area contributed by atoms with Crippen LogP contribution in [0.2, 0.25) is 0 Å². The Bertz CT molecular complexity index is 265. The van der Waals surface area contributed by atoms with Crippen LogP contribution in [0.1, 0.15) is 19.8 Å². The van der Waals surface area contributed by atoms with Gasteiger partial charge in [0.15, 0.2) is 0 Å². The molecule has 1 saturated heterocycles. The number of carboxylic acid groups (broad SMARTS) is 1. The number of hydrogen-bond acceptors (Lipinski definition) is 2. The zero-order chi connectivity index (χ0) is 11.6. The first-order valence-corrected chi connectivity index (χ1v) is 5.14. The first kappa shape index (κ1) is 11.8. The molecule has 0 saturated carbocycles. The molecule has 0 aromatic heterocycles. The van der Waals surface area contributed by atoms with Crippen molar-refractivity contribution in [3.63, 3.8) is 0 Å². The lowest BCUT2D eigenvalue weighted by Crippen LogP contribution is -2.49. The number of aliphatic carboxylic acids is 1. The van der Waals surface area contributed by atoms with Gasteiger partial charge in [-0.25, -0.2) is 4.79 Å². The molecular formula is C10H18N2O3. The molecule has 5 heteroatoms. The molecule has 1 aliphatic heterocycles. The van der Waals surface area contributed by atoms with Gasteiger partial charge in [-0.2, -0.15) is 0 Å². The summed E-state index contributed by atoms with van der Waals surface area (Å²) >= 11 is 0. The normalized spacial score (nSPS) is 26.2. The highest BCUT2D eigenvalue weighted by Gasteiger charge is 2.32. The van der Waals surface area contributed by atoms with E-state index in [1.54, 1.807) is 19.0 Å². The highest BCUT2D eigenvalue weighted by Crippen LogP contribution is 2.23. The third-order valence-electron chi connectivity index (χ3n) is 2.85. The quantitative estimate of drug-likeness (QED) is 0.704. The SMILES string of the molecule is CC1CC(C(=O)O)CCN1C(=O)N(C)C. The van der Waals surface area contributed by atoms with Gasteiger partial charge in [-0.05, 0) is 19.8 Å². The van der Waals surface area contributed by atoms with Crippen molar-refractivity contribution in [2.75, 3.05) is 20.6 Å². The number of carbonyl (C=O) groups is 2. The van der Waals surface area contributed by atoms with Crippen molar-refractivity contribution in [3.8, 4) is 0 Å². The van der Waals surface area contributed by atoms with Crippen LogP contribution < -0.4 is 0 Å². The van der Waals surface area contributed by atoms with Gasteiger partial charge < -0.3 is 14.9 Å². The Balaban J connectivity index is 2.60. The second-order valence-corrected chi connectivity index (χ2v) is 4.28. The fraction of sp³-hybridized carbons (Fsp3) is 0.800. The monoisotopic (exact) mass is 214 g/mol. The summed E-state index contributed by atoms with van der Waals surface area (Å²) in [4.78, 5) is 25.7. The fourth-order valence-corrected chi connectivity index (χ4v) is 1.94. The lowest BCUT2D eigenvalue weighted by atomic mass is 9.92. The van der Waals surface area contributed by atoms with E-state index in [-0.39, 0.29) is 18.0 Å². The number of hydrogen-bond donors (Lipinski definition) is 1. The van der Waals surface area contributed by atoms with E-state index >= 15 is 0 Å². The molecule has 1 fully saturated rings. The van der Waals surface area contributed by atoms with E-state index in [4.69, 9.17) is 5.11 Å². The molecule has 1 rings (SSSR count). The Kier molecular flexibility index (Phi) is 3.55. The van der Waals surface area contributed by atoms with Crippen molar-refractivity contribution in [2.45, 2.75) is 25.8 Å². The number of rotatable bonds is 1. The van der Waals surface area contributed by atoms with Crippen LogP contribution in [-0.2, 0) is 4.79 Å². The summed E-state index contributed by atoms with van der Waals surface area (Å²) in [5.41, 5.74) is 0. The number of piperidine rings is 1. The molecule has 0 spiro atoms. The van der Waals surface area contributed by atoms with Crippen LogP contribution in [0, 0.1) is 5.92 Å². The van der Waals surface area contributed by atoms with Crippen LogP contribution in [0.3, 0.4) is 0 Å². The summed E-state index contributed by atoms with van der Waals surface area (Å²) in [7, 11) is 3.41. The van der Waals surface area contributed by atoms with E-state index in [9.17, 15) is 9.59 Å². The summed E-state index contributed by atoms with van der Waals surface area (Å²) in [6.07, 6.45) is 1.11. The van der Waals surface area contributed by atoms with Crippen LogP contribution in [0.15, 0.2) is 0 Å². The molecule has 5 nitrogen and oxygen atoms in total. The zero-order valence-corrected chi connectivity index (χ0v) is 9.43. The number of carboxylic acids is 1. The topological polar surface area (TPSA) is 60.9 Å². The minimum absolute atomic E-state index is 0.00903. The second kappa shape index (κ2) is 4.51.